The van der Waals surface area contributed by atoms with Crippen LogP contribution in [0.1, 0.15) is 64.7 Å². The van der Waals surface area contributed by atoms with Gasteiger partial charge in [-0.3, -0.25) is 0 Å². The Balaban J connectivity index is 1.97. The van der Waals surface area contributed by atoms with Gasteiger partial charge in [0.25, 0.3) is 0 Å². The fourth-order valence-corrected chi connectivity index (χ4v) is 4.13. The summed E-state index contributed by atoms with van der Waals surface area (Å²) in [5, 5.41) is 3.61. The second-order valence-electron chi connectivity index (χ2n) is 6.23. The molecule has 2 fully saturated rings. The minimum absolute atomic E-state index is 0.817. The van der Waals surface area contributed by atoms with Gasteiger partial charge >= 0.3 is 0 Å². The molecule has 4 unspecified atom stereocenters. The summed E-state index contributed by atoms with van der Waals surface area (Å²) < 4.78 is 0. The lowest BCUT2D eigenvalue weighted by atomic mass is 9.71. The molecule has 4 atom stereocenters. The highest BCUT2D eigenvalue weighted by Gasteiger charge is 2.32. The highest BCUT2D eigenvalue weighted by molar-refractivity contribution is 4.86. The maximum absolute atomic E-state index is 3.61. The minimum Gasteiger partial charge on any atom is -0.317 e. The Morgan fingerprint density at radius 2 is 1.69 bits per heavy atom. The molecule has 0 radical (unpaired) electrons. The van der Waals surface area contributed by atoms with Crippen molar-refractivity contribution in [1.82, 2.24) is 5.32 Å². The van der Waals surface area contributed by atoms with Crippen molar-refractivity contribution >= 4 is 0 Å². The van der Waals surface area contributed by atoms with Gasteiger partial charge in [-0.25, -0.2) is 0 Å². The molecule has 1 N–H and O–H groups in total. The monoisotopic (exact) mass is 223 g/mol. The van der Waals surface area contributed by atoms with Gasteiger partial charge in [-0.05, 0) is 44.1 Å². The quantitative estimate of drug-likeness (QED) is 0.698. The largest absolute Gasteiger partial charge is 0.317 e. The van der Waals surface area contributed by atoms with Crippen LogP contribution in [0.5, 0.6) is 0 Å². The van der Waals surface area contributed by atoms with Crippen LogP contribution in [-0.2, 0) is 0 Å². The van der Waals surface area contributed by atoms with Crippen LogP contribution in [0, 0.1) is 17.8 Å². The Morgan fingerprint density at radius 1 is 0.875 bits per heavy atom. The Morgan fingerprint density at radius 3 is 2.44 bits per heavy atom. The van der Waals surface area contributed by atoms with Gasteiger partial charge in [-0.15, -0.1) is 0 Å². The van der Waals surface area contributed by atoms with Crippen molar-refractivity contribution in [2.24, 2.45) is 17.8 Å². The van der Waals surface area contributed by atoms with Crippen LogP contribution in [-0.4, -0.2) is 13.1 Å². The van der Waals surface area contributed by atoms with Gasteiger partial charge in [-0.1, -0.05) is 45.4 Å². The first-order valence-corrected chi connectivity index (χ1v) is 7.48. The Labute approximate surface area is 101 Å². The lowest BCUT2D eigenvalue weighted by Crippen LogP contribution is -2.38. The average Bonchev–Trinajstić information content (AvgIpc) is 2.53. The maximum atomic E-state index is 3.61. The number of hydrogen-bond acceptors (Lipinski definition) is 1. The smallest absolute Gasteiger partial charge is 0.00949 e. The van der Waals surface area contributed by atoms with Crippen LogP contribution in [0.25, 0.3) is 0 Å². The summed E-state index contributed by atoms with van der Waals surface area (Å²) in [5.41, 5.74) is 0. The summed E-state index contributed by atoms with van der Waals surface area (Å²) in [6.07, 6.45) is 13.3. The summed E-state index contributed by atoms with van der Waals surface area (Å²) in [5.74, 6) is 2.99. The molecule has 0 aromatic heterocycles. The molecule has 2 rings (SSSR count). The molecule has 0 aromatic carbocycles. The molecule has 1 nitrogen and oxygen atoms in total. The highest BCUT2D eigenvalue weighted by atomic mass is 14.9. The first-order chi connectivity index (χ1) is 7.81. The maximum Gasteiger partial charge on any atom is 0.00949 e. The van der Waals surface area contributed by atoms with Crippen LogP contribution in [0.4, 0.5) is 0 Å². The van der Waals surface area contributed by atoms with Gasteiger partial charge in [0.15, 0.2) is 0 Å². The van der Waals surface area contributed by atoms with Gasteiger partial charge in [-0.2, -0.15) is 0 Å². The SMILES string of the molecule is CNC1CCCCCC1C1CCCC(C)C1. The van der Waals surface area contributed by atoms with E-state index in [2.05, 4.69) is 19.3 Å². The summed E-state index contributed by atoms with van der Waals surface area (Å²) in [4.78, 5) is 0. The molecule has 94 valence electrons. The second-order valence-corrected chi connectivity index (χ2v) is 6.23. The lowest BCUT2D eigenvalue weighted by Gasteiger charge is -2.37. The molecule has 2 aliphatic carbocycles. The van der Waals surface area contributed by atoms with Crippen LogP contribution in [0.3, 0.4) is 0 Å². The first-order valence-electron chi connectivity index (χ1n) is 7.48. The number of rotatable bonds is 2. The third kappa shape index (κ3) is 3.00. The summed E-state index contributed by atoms with van der Waals surface area (Å²) in [7, 11) is 2.18. The fraction of sp³-hybridized carbons (Fsp3) is 1.00. The van der Waals surface area contributed by atoms with E-state index >= 15 is 0 Å². The molecule has 0 aliphatic heterocycles. The van der Waals surface area contributed by atoms with E-state index in [1.807, 2.05) is 0 Å². The van der Waals surface area contributed by atoms with E-state index in [1.54, 1.807) is 0 Å². The Bertz CT molecular complexity index is 202. The summed E-state index contributed by atoms with van der Waals surface area (Å²) >= 11 is 0. The molecule has 1 heteroatoms. The topological polar surface area (TPSA) is 12.0 Å². The first kappa shape index (κ1) is 12.4. The van der Waals surface area contributed by atoms with Crippen molar-refractivity contribution in [3.8, 4) is 0 Å². The second kappa shape index (κ2) is 6.05. The highest BCUT2D eigenvalue weighted by Crippen LogP contribution is 2.39. The molecular formula is C15H29N. The summed E-state index contributed by atoms with van der Waals surface area (Å²) in [6, 6.07) is 0.817. The Hall–Kier alpha value is -0.0400. The third-order valence-corrected chi connectivity index (χ3v) is 5.02. The number of hydrogen-bond donors (Lipinski definition) is 1. The minimum atomic E-state index is 0.817. The van der Waals surface area contributed by atoms with Crippen molar-refractivity contribution in [3.63, 3.8) is 0 Å². The molecule has 2 saturated carbocycles. The molecule has 0 amide bonds. The van der Waals surface area contributed by atoms with E-state index in [4.69, 9.17) is 0 Å². The van der Waals surface area contributed by atoms with E-state index in [-0.39, 0.29) is 0 Å². The molecule has 0 aromatic rings. The van der Waals surface area contributed by atoms with Crippen molar-refractivity contribution < 1.29 is 0 Å². The third-order valence-electron chi connectivity index (χ3n) is 5.02. The average molecular weight is 223 g/mol. The van der Waals surface area contributed by atoms with Crippen LogP contribution in [0.15, 0.2) is 0 Å². The zero-order valence-electron chi connectivity index (χ0n) is 11.2. The van der Waals surface area contributed by atoms with Crippen LogP contribution >= 0.6 is 0 Å². The van der Waals surface area contributed by atoms with E-state index in [0.717, 1.165) is 23.8 Å². The predicted molar refractivity (Wildman–Crippen MR) is 70.5 cm³/mol. The molecule has 0 heterocycles. The molecule has 0 spiro atoms. The van der Waals surface area contributed by atoms with Gasteiger partial charge in [0.1, 0.15) is 0 Å². The fourth-order valence-electron chi connectivity index (χ4n) is 4.13. The molecular weight excluding hydrogens is 194 g/mol. The van der Waals surface area contributed by atoms with Crippen LogP contribution < -0.4 is 5.32 Å². The molecule has 0 bridgehead atoms. The van der Waals surface area contributed by atoms with E-state index in [0.29, 0.717) is 0 Å². The van der Waals surface area contributed by atoms with Gasteiger partial charge in [0.05, 0.1) is 0 Å². The van der Waals surface area contributed by atoms with Gasteiger partial charge in [0, 0.05) is 6.04 Å². The standard InChI is InChI=1S/C15H29N/c1-12-7-6-8-13(11-12)14-9-4-3-5-10-15(14)16-2/h12-16H,3-11H2,1-2H3. The zero-order chi connectivity index (χ0) is 11.4. The van der Waals surface area contributed by atoms with Crippen LogP contribution in [0.2, 0.25) is 0 Å². The Kier molecular flexibility index (Phi) is 4.69. The molecule has 2 aliphatic rings. The predicted octanol–water partition coefficient (Wildman–Crippen LogP) is 3.98. The number of nitrogens with one attached hydrogen (secondary N) is 1. The van der Waals surface area contributed by atoms with E-state index in [9.17, 15) is 0 Å². The van der Waals surface area contributed by atoms with Crippen molar-refractivity contribution in [3.05, 3.63) is 0 Å². The van der Waals surface area contributed by atoms with E-state index in [1.165, 1.54) is 57.8 Å². The molecule has 16 heavy (non-hydrogen) atoms. The van der Waals surface area contributed by atoms with E-state index < -0.39 is 0 Å². The van der Waals surface area contributed by atoms with Gasteiger partial charge in [0.2, 0.25) is 0 Å². The summed E-state index contributed by atoms with van der Waals surface area (Å²) in [6.45, 7) is 2.46. The zero-order valence-corrected chi connectivity index (χ0v) is 11.2. The normalized spacial score (nSPS) is 41.6. The van der Waals surface area contributed by atoms with Crippen molar-refractivity contribution in [2.75, 3.05) is 7.05 Å². The van der Waals surface area contributed by atoms with Crippen molar-refractivity contribution in [1.29, 1.82) is 0 Å². The van der Waals surface area contributed by atoms with Gasteiger partial charge < -0.3 is 5.32 Å². The molecule has 0 saturated heterocycles. The van der Waals surface area contributed by atoms with Crippen molar-refractivity contribution in [2.45, 2.75) is 70.8 Å². The lowest BCUT2D eigenvalue weighted by molar-refractivity contribution is 0.161.